The zero-order chi connectivity index (χ0) is 39.0. The standard InChI is InChI=1S/C38H28P2.C6H12N2.C6H5.CH4.ClH.Ru/c1-4-16-30(17-5-1)39-35-26-24-28-14-10-12-22-33(28)37(35)38-34-23-13-11-15-29(34)25-27-36(38)40(31-18-6-2-7-19-31)32-20-8-3-9-21-32;7-5-3-1-2-4-6(5)8;1-2-4-6-5-3-1;;;/h1-27,39H;5-8H,1-4H2;1-5H;1H4;1H;/q;-2;-1;;;+2. The molecule has 6 heteroatoms. The summed E-state index contributed by atoms with van der Waals surface area (Å²) in [5, 5.41) is 12.2. The topological polar surface area (TPSA) is 47.6 Å². The van der Waals surface area contributed by atoms with Crippen LogP contribution in [0.4, 0.5) is 0 Å². The van der Waals surface area contributed by atoms with Gasteiger partial charge in [-0.1, -0.05) is 175 Å². The smallest absolute Gasteiger partial charge is 0.110 e. The van der Waals surface area contributed by atoms with E-state index in [9.17, 15) is 0 Å². The van der Waals surface area contributed by atoms with Crippen LogP contribution in [-0.2, 0) is 17.3 Å². The number of benzene rings is 8. The number of nitrogens with one attached hydrogen (secondary N) is 2. The molecule has 2 N–H and O–H groups in total. The molecule has 0 heterocycles. The first-order valence-corrected chi connectivity index (χ1v) is 23.7. The molecule has 57 heavy (non-hydrogen) atoms. The van der Waals surface area contributed by atoms with E-state index in [1.54, 1.807) is 0 Å². The van der Waals surface area contributed by atoms with Gasteiger partial charge in [0.05, 0.1) is 7.92 Å². The number of hydrogen-bond acceptors (Lipinski definition) is 0. The van der Waals surface area contributed by atoms with Crippen molar-refractivity contribution in [3.05, 3.63) is 212 Å². The number of hydrogen-bond donors (Lipinski definition) is 0. The molecule has 8 aromatic rings. The molecule has 0 bridgehead atoms. The fourth-order valence-electron chi connectivity index (χ4n) is 7.23. The van der Waals surface area contributed by atoms with Gasteiger partial charge in [-0.3, -0.25) is 0 Å². The molecular formula is C51H50ClN2P2Ru-. The van der Waals surface area contributed by atoms with Crippen LogP contribution >= 0.6 is 26.2 Å². The van der Waals surface area contributed by atoms with Crippen LogP contribution in [0.25, 0.3) is 44.1 Å². The van der Waals surface area contributed by atoms with Crippen LogP contribution in [0.1, 0.15) is 33.1 Å². The summed E-state index contributed by atoms with van der Waals surface area (Å²) in [4.78, 5) is 0. The van der Waals surface area contributed by atoms with E-state index in [4.69, 9.17) is 11.5 Å². The maximum Gasteiger partial charge on any atom is 0.110 e. The molecule has 2 nitrogen and oxygen atoms in total. The van der Waals surface area contributed by atoms with Crippen molar-refractivity contribution in [1.29, 1.82) is 0 Å². The number of rotatable bonds is 6. The van der Waals surface area contributed by atoms with Crippen molar-refractivity contribution >= 4 is 74.3 Å². The Morgan fingerprint density at radius 2 is 0.947 bits per heavy atom. The second-order valence-electron chi connectivity index (χ2n) is 13.6. The van der Waals surface area contributed by atoms with Gasteiger partial charge in [-0.25, -0.2) is 0 Å². The monoisotopic (exact) mass is 889 g/mol. The van der Waals surface area contributed by atoms with E-state index >= 15 is 0 Å². The molecule has 0 radical (unpaired) electrons. The van der Waals surface area contributed by atoms with Gasteiger partial charge >= 0.3 is 27.0 Å². The SMILES string of the molecule is C.[Cl][Ru+].[NH-]C1CCCCC1[NH-].[c-]1ccccc1.c1ccc(Pc2ccc3ccccc3c2-c2c([PH+](c3ccccc3)c3ccccc3)ccc3ccccc23)cc1. The molecule has 0 aromatic heterocycles. The van der Waals surface area contributed by atoms with Crippen molar-refractivity contribution < 1.29 is 17.3 Å². The predicted molar refractivity (Wildman–Crippen MR) is 254 cm³/mol. The Labute approximate surface area is 357 Å². The summed E-state index contributed by atoms with van der Waals surface area (Å²) in [7, 11) is 3.84. The van der Waals surface area contributed by atoms with Gasteiger partial charge in [-0.05, 0) is 62.5 Å². The fourth-order valence-corrected chi connectivity index (χ4v) is 11.2. The van der Waals surface area contributed by atoms with E-state index in [-0.39, 0.29) is 19.5 Å². The van der Waals surface area contributed by atoms with Crippen LogP contribution in [0, 0.1) is 6.07 Å². The van der Waals surface area contributed by atoms with E-state index in [0.717, 1.165) is 12.8 Å². The van der Waals surface area contributed by atoms with Crippen molar-refractivity contribution in [2.24, 2.45) is 0 Å². The molecule has 1 saturated carbocycles. The molecule has 0 saturated heterocycles. The first-order valence-electron chi connectivity index (χ1n) is 19.0. The van der Waals surface area contributed by atoms with Crippen molar-refractivity contribution in [3.63, 3.8) is 0 Å². The summed E-state index contributed by atoms with van der Waals surface area (Å²) in [6.07, 6.45) is 4.25. The Kier molecular flexibility index (Phi) is 18.1. The van der Waals surface area contributed by atoms with E-state index in [2.05, 4.69) is 180 Å². The number of fused-ring (bicyclic) bond motifs is 2. The minimum absolute atomic E-state index is 0. The van der Waals surface area contributed by atoms with Gasteiger partial charge in [0.1, 0.15) is 15.9 Å². The zero-order valence-corrected chi connectivity index (χ0v) is 35.7. The van der Waals surface area contributed by atoms with Crippen LogP contribution in [0.15, 0.2) is 194 Å². The molecule has 9 rings (SSSR count). The normalized spacial score (nSPS) is 14.7. The maximum absolute atomic E-state index is 7.29. The van der Waals surface area contributed by atoms with E-state index < -0.39 is 7.92 Å². The van der Waals surface area contributed by atoms with Gasteiger partial charge in [0, 0.05) is 11.1 Å². The summed E-state index contributed by atoms with van der Waals surface area (Å²) in [6.45, 7) is 0. The van der Waals surface area contributed by atoms with E-state index in [1.165, 1.54) is 72.0 Å². The van der Waals surface area contributed by atoms with Gasteiger partial charge in [0.15, 0.2) is 0 Å². The molecular weight excluding hydrogens is 839 g/mol. The first-order chi connectivity index (χ1) is 27.7. The van der Waals surface area contributed by atoms with Crippen molar-refractivity contribution in [1.82, 2.24) is 0 Å². The average molecular weight is 889 g/mol. The number of halogens is 1. The first kappa shape index (κ1) is 44.1. The van der Waals surface area contributed by atoms with Crippen LogP contribution in [0.2, 0.25) is 0 Å². The maximum atomic E-state index is 7.29. The third-order valence-corrected chi connectivity index (χ3v) is 14.0. The average Bonchev–Trinajstić information content (AvgIpc) is 3.28. The second-order valence-corrected chi connectivity index (χ2v) is 17.4. The summed E-state index contributed by atoms with van der Waals surface area (Å²) in [6, 6.07) is 72.7. The minimum atomic E-state index is -1.30. The Hall–Kier alpha value is -4.03. The van der Waals surface area contributed by atoms with Gasteiger partial charge in [0.2, 0.25) is 0 Å². The van der Waals surface area contributed by atoms with Crippen LogP contribution < -0.4 is 26.5 Å². The Morgan fingerprint density at radius 3 is 1.42 bits per heavy atom. The third-order valence-electron chi connectivity index (χ3n) is 9.93. The van der Waals surface area contributed by atoms with Gasteiger partial charge in [-0.15, -0.1) is 0 Å². The van der Waals surface area contributed by atoms with E-state index in [0.29, 0.717) is 8.58 Å². The molecule has 3 unspecified atom stereocenters. The predicted octanol–water partition coefficient (Wildman–Crippen LogP) is 13.0. The minimum Gasteiger partial charge on any atom is -0.676 e. The van der Waals surface area contributed by atoms with Crippen LogP contribution in [0.3, 0.4) is 0 Å². The summed E-state index contributed by atoms with van der Waals surface area (Å²) in [5.74, 6) is 0. The molecule has 3 atom stereocenters. The zero-order valence-electron chi connectivity index (χ0n) is 31.2. The summed E-state index contributed by atoms with van der Waals surface area (Å²) in [5.41, 5.74) is 17.3. The quantitative estimate of drug-likeness (QED) is 0.0907. The van der Waals surface area contributed by atoms with Gasteiger partial charge < -0.3 is 11.5 Å². The second kappa shape index (κ2) is 23.4. The molecule has 290 valence electrons. The van der Waals surface area contributed by atoms with Crippen molar-refractivity contribution in [3.8, 4) is 11.1 Å². The fraction of sp³-hybridized carbons (Fsp3) is 0.137. The van der Waals surface area contributed by atoms with Gasteiger partial charge in [-0.2, -0.15) is 48.5 Å². The molecule has 8 aromatic carbocycles. The molecule has 1 aliphatic carbocycles. The van der Waals surface area contributed by atoms with Crippen molar-refractivity contribution in [2.45, 2.75) is 45.2 Å². The molecule has 1 fully saturated rings. The molecule has 0 spiro atoms. The Balaban J connectivity index is 0.000000306. The van der Waals surface area contributed by atoms with E-state index in [1.807, 2.05) is 47.6 Å². The third kappa shape index (κ3) is 11.8. The molecule has 0 amide bonds. The molecule has 0 aliphatic heterocycles. The largest absolute Gasteiger partial charge is 0.676 e. The van der Waals surface area contributed by atoms with Crippen molar-refractivity contribution in [2.75, 3.05) is 0 Å². The summed E-state index contributed by atoms with van der Waals surface area (Å²) < 4.78 is 0. The Bertz CT molecular complexity index is 2290. The Morgan fingerprint density at radius 1 is 0.509 bits per heavy atom. The van der Waals surface area contributed by atoms with Gasteiger partial charge in [0.25, 0.3) is 0 Å². The molecule has 1 aliphatic rings. The summed E-state index contributed by atoms with van der Waals surface area (Å²) >= 11 is 1.82. The van der Waals surface area contributed by atoms with Crippen LogP contribution in [-0.4, -0.2) is 12.1 Å². The van der Waals surface area contributed by atoms with Crippen LogP contribution in [0.5, 0.6) is 0 Å².